The third-order valence-corrected chi connectivity index (χ3v) is 4.96. The molecule has 0 saturated heterocycles. The van der Waals surface area contributed by atoms with E-state index in [1.807, 2.05) is 67.6 Å². The first-order chi connectivity index (χ1) is 14.7. The van der Waals surface area contributed by atoms with Crippen LogP contribution in [0.25, 0.3) is 6.08 Å². The van der Waals surface area contributed by atoms with Crippen molar-refractivity contribution in [3.05, 3.63) is 77.2 Å². The molecular weight excluding hydrogens is 380 g/mol. The van der Waals surface area contributed by atoms with Gasteiger partial charge < -0.3 is 18.9 Å². The second-order valence-corrected chi connectivity index (χ2v) is 6.97. The van der Waals surface area contributed by atoms with E-state index in [2.05, 4.69) is 5.16 Å². The Morgan fingerprint density at radius 3 is 2.63 bits per heavy atom. The Hall–Kier alpha value is -3.54. The van der Waals surface area contributed by atoms with Crippen molar-refractivity contribution in [2.45, 2.75) is 20.3 Å². The molecule has 6 heteroatoms. The Balaban J connectivity index is 1.68. The zero-order valence-electron chi connectivity index (χ0n) is 17.1. The first kappa shape index (κ1) is 19.8. The van der Waals surface area contributed by atoms with Crippen LogP contribution in [0, 0.1) is 6.92 Å². The van der Waals surface area contributed by atoms with Gasteiger partial charge in [0.15, 0.2) is 11.5 Å². The summed E-state index contributed by atoms with van der Waals surface area (Å²) < 4.78 is 16.6. The van der Waals surface area contributed by atoms with Crippen molar-refractivity contribution in [1.82, 2.24) is 5.16 Å². The van der Waals surface area contributed by atoms with Crippen LogP contribution in [-0.4, -0.2) is 30.8 Å². The van der Waals surface area contributed by atoms with E-state index in [0.717, 1.165) is 11.3 Å². The van der Waals surface area contributed by atoms with Crippen LogP contribution < -0.4 is 14.4 Å². The number of hydrogen-bond acceptors (Lipinski definition) is 5. The number of carbonyl (C=O) groups is 1. The number of aryl methyl sites for hydroxylation is 2. The molecule has 1 aliphatic rings. The van der Waals surface area contributed by atoms with E-state index in [1.54, 1.807) is 11.8 Å². The van der Waals surface area contributed by atoms with Gasteiger partial charge >= 0.3 is 0 Å². The summed E-state index contributed by atoms with van der Waals surface area (Å²) in [6.07, 6.45) is 4.59. The summed E-state index contributed by atoms with van der Waals surface area (Å²) in [5.41, 5.74) is 2.97. The van der Waals surface area contributed by atoms with Gasteiger partial charge in [0.05, 0.1) is 5.69 Å². The minimum atomic E-state index is -0.153. The lowest BCUT2D eigenvalue weighted by Crippen LogP contribution is -2.32. The highest BCUT2D eigenvalue weighted by molar-refractivity contribution is 6.07. The predicted molar refractivity (Wildman–Crippen MR) is 115 cm³/mol. The van der Waals surface area contributed by atoms with Crippen molar-refractivity contribution < 1.29 is 18.8 Å². The zero-order valence-corrected chi connectivity index (χ0v) is 17.1. The summed E-state index contributed by atoms with van der Waals surface area (Å²) >= 11 is 0. The van der Waals surface area contributed by atoms with Crippen LogP contribution >= 0.6 is 0 Å². The zero-order chi connectivity index (χ0) is 20.9. The second-order valence-electron chi connectivity index (χ2n) is 6.97. The molecule has 0 unspecified atom stereocenters. The minimum absolute atomic E-state index is 0.153. The van der Waals surface area contributed by atoms with Gasteiger partial charge in [0.2, 0.25) is 0 Å². The molecule has 6 nitrogen and oxygen atoms in total. The molecule has 0 saturated carbocycles. The lowest BCUT2D eigenvalue weighted by Gasteiger charge is -2.24. The van der Waals surface area contributed by atoms with E-state index in [0.29, 0.717) is 54.7 Å². The van der Waals surface area contributed by atoms with Crippen LogP contribution in [0.5, 0.6) is 11.5 Å². The van der Waals surface area contributed by atoms with Gasteiger partial charge in [0.1, 0.15) is 24.5 Å². The third kappa shape index (κ3) is 4.08. The standard InChI is InChI=1S/C24H24N2O4/c1-3-20-23(17(2)30-25-20)24(27)26(13-7-10-18-8-5-4-6-9-18)19-11-12-21-22(16-19)29-15-14-28-21/h4-12,16H,3,13-15H2,1-2H3/b10-7+. The smallest absolute Gasteiger partial charge is 0.264 e. The highest BCUT2D eigenvalue weighted by atomic mass is 16.6. The van der Waals surface area contributed by atoms with Gasteiger partial charge in [-0.2, -0.15) is 0 Å². The highest BCUT2D eigenvalue weighted by Gasteiger charge is 2.26. The molecule has 3 aromatic rings. The monoisotopic (exact) mass is 404 g/mol. The number of aromatic nitrogens is 1. The Morgan fingerprint density at radius 1 is 1.10 bits per heavy atom. The normalized spacial score (nSPS) is 12.9. The quantitative estimate of drug-likeness (QED) is 0.597. The molecule has 4 rings (SSSR count). The van der Waals surface area contributed by atoms with Crippen LogP contribution in [0.3, 0.4) is 0 Å². The number of rotatable bonds is 6. The summed E-state index contributed by atoms with van der Waals surface area (Å²) in [6.45, 7) is 5.12. The van der Waals surface area contributed by atoms with Crippen LogP contribution in [0.15, 0.2) is 59.1 Å². The number of nitrogens with zero attached hydrogens (tertiary/aromatic N) is 2. The third-order valence-electron chi connectivity index (χ3n) is 4.96. The molecule has 0 atom stereocenters. The van der Waals surface area contributed by atoms with Gasteiger partial charge in [0, 0.05) is 18.3 Å². The van der Waals surface area contributed by atoms with E-state index in [-0.39, 0.29) is 5.91 Å². The summed E-state index contributed by atoms with van der Waals surface area (Å²) in [4.78, 5) is 15.2. The average molecular weight is 404 g/mol. The summed E-state index contributed by atoms with van der Waals surface area (Å²) in [5.74, 6) is 1.69. The fourth-order valence-electron chi connectivity index (χ4n) is 3.43. The Bertz CT molecular complexity index is 1060. The summed E-state index contributed by atoms with van der Waals surface area (Å²) in [5, 5.41) is 4.04. The number of ether oxygens (including phenoxy) is 2. The molecule has 1 aromatic heterocycles. The molecule has 0 bridgehead atoms. The first-order valence-corrected chi connectivity index (χ1v) is 10.1. The van der Waals surface area contributed by atoms with Gasteiger partial charge in [-0.3, -0.25) is 4.79 Å². The molecule has 0 aliphatic carbocycles. The maximum atomic E-state index is 13.5. The molecule has 30 heavy (non-hydrogen) atoms. The number of hydrogen-bond donors (Lipinski definition) is 0. The van der Waals surface area contributed by atoms with Gasteiger partial charge in [-0.25, -0.2) is 0 Å². The van der Waals surface area contributed by atoms with Crippen molar-refractivity contribution in [2.24, 2.45) is 0 Å². The van der Waals surface area contributed by atoms with Crippen LogP contribution in [0.1, 0.15) is 34.3 Å². The van der Waals surface area contributed by atoms with Crippen LogP contribution in [0.4, 0.5) is 5.69 Å². The molecule has 0 radical (unpaired) electrons. The predicted octanol–water partition coefficient (Wildman–Crippen LogP) is 4.68. The number of fused-ring (bicyclic) bond motifs is 1. The Kier molecular flexibility index (Phi) is 5.84. The molecule has 0 N–H and O–H groups in total. The van der Waals surface area contributed by atoms with Gasteiger partial charge in [-0.15, -0.1) is 0 Å². The molecule has 2 heterocycles. The molecular formula is C24H24N2O4. The lowest BCUT2D eigenvalue weighted by atomic mass is 10.1. The number of benzene rings is 2. The minimum Gasteiger partial charge on any atom is -0.486 e. The molecule has 2 aromatic carbocycles. The molecule has 1 aliphatic heterocycles. The second kappa shape index (κ2) is 8.86. The van der Waals surface area contributed by atoms with Crippen molar-refractivity contribution in [3.8, 4) is 11.5 Å². The first-order valence-electron chi connectivity index (χ1n) is 10.1. The Morgan fingerprint density at radius 2 is 1.87 bits per heavy atom. The number of amides is 1. The SMILES string of the molecule is CCc1noc(C)c1C(=O)N(C/C=C/c1ccccc1)c1ccc2c(c1)OCCO2. The largest absolute Gasteiger partial charge is 0.486 e. The van der Waals surface area contributed by atoms with Gasteiger partial charge in [-0.05, 0) is 31.0 Å². The Labute approximate surface area is 175 Å². The van der Waals surface area contributed by atoms with Crippen molar-refractivity contribution in [3.63, 3.8) is 0 Å². The van der Waals surface area contributed by atoms with Crippen molar-refractivity contribution in [2.75, 3.05) is 24.7 Å². The summed E-state index contributed by atoms with van der Waals surface area (Å²) in [6, 6.07) is 15.5. The average Bonchev–Trinajstić information content (AvgIpc) is 3.17. The maximum Gasteiger partial charge on any atom is 0.264 e. The van der Waals surface area contributed by atoms with Crippen molar-refractivity contribution >= 4 is 17.7 Å². The molecule has 1 amide bonds. The fraction of sp³-hybridized carbons (Fsp3) is 0.250. The van der Waals surface area contributed by atoms with Crippen LogP contribution in [-0.2, 0) is 6.42 Å². The maximum absolute atomic E-state index is 13.5. The lowest BCUT2D eigenvalue weighted by molar-refractivity contribution is 0.0987. The van der Waals surface area contributed by atoms with E-state index in [9.17, 15) is 4.79 Å². The van der Waals surface area contributed by atoms with Crippen LogP contribution in [0.2, 0.25) is 0 Å². The molecule has 0 fully saturated rings. The number of anilines is 1. The fourth-order valence-corrected chi connectivity index (χ4v) is 3.43. The van der Waals surface area contributed by atoms with E-state index < -0.39 is 0 Å². The summed E-state index contributed by atoms with van der Waals surface area (Å²) in [7, 11) is 0. The van der Waals surface area contributed by atoms with E-state index in [1.165, 1.54) is 0 Å². The van der Waals surface area contributed by atoms with E-state index in [4.69, 9.17) is 14.0 Å². The van der Waals surface area contributed by atoms with Gasteiger partial charge in [-0.1, -0.05) is 54.6 Å². The molecule has 0 spiro atoms. The van der Waals surface area contributed by atoms with E-state index >= 15 is 0 Å². The highest BCUT2D eigenvalue weighted by Crippen LogP contribution is 2.35. The van der Waals surface area contributed by atoms with Gasteiger partial charge in [0.25, 0.3) is 5.91 Å². The topological polar surface area (TPSA) is 64.8 Å². The molecule has 154 valence electrons. The van der Waals surface area contributed by atoms with Crippen molar-refractivity contribution in [1.29, 1.82) is 0 Å². The number of carbonyl (C=O) groups excluding carboxylic acids is 1.